The Morgan fingerprint density at radius 2 is 0.441 bits per heavy atom. The number of hydrogen-bond donors (Lipinski definition) is 0. The first-order chi connectivity index (χ1) is 30.5. The average Bonchev–Trinajstić information content (AvgIpc) is 3.24. The molecule has 0 aliphatic rings. The van der Waals surface area contributed by atoms with Crippen LogP contribution in [-0.2, 0) is 43.3 Å². The van der Waals surface area contributed by atoms with Gasteiger partial charge in [-0.3, -0.25) is 20.0 Å². The molecule has 0 spiro atoms. The molecule has 0 radical (unpaired) electrons. The summed E-state index contributed by atoms with van der Waals surface area (Å²) in [5.41, 5.74) is 18.9. The van der Waals surface area contributed by atoms with Crippen molar-refractivity contribution in [3.63, 3.8) is 0 Å². The van der Waals surface area contributed by atoms with Crippen molar-refractivity contribution in [2.45, 2.75) is 186 Å². The molecule has 0 bridgehead atoms. The van der Waals surface area contributed by atoms with Crippen molar-refractivity contribution in [1.29, 1.82) is 0 Å². The van der Waals surface area contributed by atoms with Crippen molar-refractivity contribution in [2.75, 3.05) is 14.2 Å². The predicted molar refractivity (Wildman–Crippen MR) is 301 cm³/mol. The maximum absolute atomic E-state index is 5.13. The summed E-state index contributed by atoms with van der Waals surface area (Å²) in [6.07, 6.45) is 0. The van der Waals surface area contributed by atoms with Gasteiger partial charge in [0.05, 0.1) is 45.6 Å². The van der Waals surface area contributed by atoms with E-state index >= 15 is 0 Å². The summed E-state index contributed by atoms with van der Waals surface area (Å²) in [7, 11) is 7.74. The van der Waals surface area contributed by atoms with Crippen molar-refractivity contribution in [3.8, 4) is 0 Å². The van der Waals surface area contributed by atoms with Crippen LogP contribution in [0.1, 0.15) is 230 Å². The van der Waals surface area contributed by atoms with E-state index in [2.05, 4.69) is 244 Å². The maximum atomic E-state index is 5.13. The minimum absolute atomic E-state index is 0. The number of aliphatic imine (C=N–C) groups is 4. The number of methoxy groups -OCH3 is 1. The Morgan fingerprint density at radius 1 is 0.338 bits per heavy atom. The molecule has 0 saturated heterocycles. The number of ether oxygens (including phenoxy) is 1. The smallest absolute Gasteiger partial charge is 0 e. The summed E-state index contributed by atoms with van der Waals surface area (Å²) in [5, 5.41) is 0. The molecule has 0 saturated carbocycles. The van der Waals surface area contributed by atoms with Crippen LogP contribution >= 0.6 is 9.53 Å². The van der Waals surface area contributed by atoms with E-state index in [1.165, 1.54) is 44.5 Å². The van der Waals surface area contributed by atoms with Gasteiger partial charge in [-0.2, -0.15) is 0 Å². The average molecular weight is 1130 g/mol. The van der Waals surface area contributed by atoms with Crippen molar-refractivity contribution < 1.29 is 43.3 Å². The minimum atomic E-state index is 0. The van der Waals surface area contributed by atoms with E-state index in [-0.39, 0.29) is 35.3 Å². The van der Waals surface area contributed by atoms with Crippen LogP contribution in [0, 0.1) is 14.9 Å². The summed E-state index contributed by atoms with van der Waals surface area (Å²) in [5.74, 6) is 3.46. The first-order valence-corrected chi connectivity index (χ1v) is 25.7. The topological polar surface area (TPSA) is 58.7 Å². The standard InChI is InChI=1S/2C28H40N2.C2H6O.2CH3.ClH.2Pd/c2*1-17(2)23-13-11-14-24(18(3)4)27(23)29-21(9)22(10)30-28-25(19(5)6)15-12-16-26(28)20(7)8;1-3-2;;;;;/h2*11-20H,1-10H3;1-2H3;2*1H3;1H;;/q;;;2*-1;;;+2/p-1. The van der Waals surface area contributed by atoms with Gasteiger partial charge in [0.25, 0.3) is 0 Å². The molecule has 386 valence electrons. The van der Waals surface area contributed by atoms with Gasteiger partial charge >= 0.3 is 27.7 Å². The van der Waals surface area contributed by atoms with Crippen LogP contribution in [0.15, 0.2) is 92.8 Å². The van der Waals surface area contributed by atoms with E-state index in [1.807, 2.05) is 0 Å². The molecule has 4 rings (SSSR count). The van der Waals surface area contributed by atoms with Gasteiger partial charge in [0.2, 0.25) is 0 Å². The van der Waals surface area contributed by atoms with Crippen LogP contribution in [0.2, 0.25) is 0 Å². The summed E-state index contributed by atoms with van der Waals surface area (Å²) < 4.78 is 4.25. The fourth-order valence-corrected chi connectivity index (χ4v) is 7.56. The second-order valence-corrected chi connectivity index (χ2v) is 19.6. The summed E-state index contributed by atoms with van der Waals surface area (Å²) in [4.78, 5) is 20.5. The van der Waals surface area contributed by atoms with Crippen LogP contribution in [0.3, 0.4) is 0 Å². The Kier molecular flexibility index (Phi) is 35.2. The van der Waals surface area contributed by atoms with E-state index < -0.39 is 0 Å². The molecular formula is C60H92ClN4OPd2-. The molecule has 8 heteroatoms. The number of halogens is 1. The molecule has 0 aromatic heterocycles. The summed E-state index contributed by atoms with van der Waals surface area (Å²) in [6, 6.07) is 26.3. The number of para-hydroxylation sites is 4. The Morgan fingerprint density at radius 3 is 0.529 bits per heavy atom. The molecule has 0 amide bonds. The predicted octanol–water partition coefficient (Wildman–Crippen LogP) is 20.0. The van der Waals surface area contributed by atoms with Gasteiger partial charge in [-0.25, -0.2) is 0 Å². The van der Waals surface area contributed by atoms with Gasteiger partial charge in [-0.05, 0) is 120 Å². The zero-order valence-corrected chi connectivity index (χ0v) is 50.6. The van der Waals surface area contributed by atoms with Gasteiger partial charge in [0, 0.05) is 34.6 Å². The molecule has 0 atom stereocenters. The fraction of sp³-hybridized carbons (Fsp3) is 0.500. The van der Waals surface area contributed by atoms with Crippen LogP contribution in [-0.4, -0.2) is 37.1 Å². The summed E-state index contributed by atoms with van der Waals surface area (Å²) >= 11 is 2.22. The largest absolute Gasteiger partial charge is 0 e. The van der Waals surface area contributed by atoms with Gasteiger partial charge in [-0.15, -0.1) is 0 Å². The SMILES string of the molecule is CC(=Nc1c(C(C)C)cccc1C(C)C)C(C)=Nc1c(C(C)C)cccc1C(C)C.CC(=Nc1c(C(C)C)cccc1C(C)C)C(C)=Nc1c(C(C)C)cccc1C(C)C.COC.[CH3-].[CH3-].[Cl][Pd+].[Pd]. The van der Waals surface area contributed by atoms with E-state index in [9.17, 15) is 0 Å². The Bertz CT molecular complexity index is 1800. The number of benzene rings is 4. The molecule has 4 aromatic carbocycles. The Balaban J connectivity index is -0.00000109. The van der Waals surface area contributed by atoms with E-state index in [4.69, 9.17) is 20.0 Å². The van der Waals surface area contributed by atoms with E-state index in [0.29, 0.717) is 47.3 Å². The normalized spacial score (nSPS) is 12.1. The molecule has 68 heavy (non-hydrogen) atoms. The van der Waals surface area contributed by atoms with Gasteiger partial charge in [0.15, 0.2) is 0 Å². The van der Waals surface area contributed by atoms with Gasteiger partial charge in [-0.1, -0.05) is 184 Å². The molecule has 0 aliphatic carbocycles. The Labute approximate surface area is 447 Å². The first kappa shape index (κ1) is 69.4. The maximum Gasteiger partial charge on any atom is 0 e. The van der Waals surface area contributed by atoms with Gasteiger partial charge < -0.3 is 19.6 Å². The molecule has 4 aromatic rings. The quantitative estimate of drug-likeness (QED) is 0.0705. The third-order valence-corrected chi connectivity index (χ3v) is 11.5. The van der Waals surface area contributed by atoms with Crippen molar-refractivity contribution in [1.82, 2.24) is 0 Å². The van der Waals surface area contributed by atoms with Crippen LogP contribution in [0.4, 0.5) is 22.7 Å². The molecule has 0 aliphatic heterocycles. The van der Waals surface area contributed by atoms with Crippen molar-refractivity contribution in [3.05, 3.63) is 132 Å². The van der Waals surface area contributed by atoms with E-state index in [1.54, 1.807) is 14.2 Å². The van der Waals surface area contributed by atoms with Crippen molar-refractivity contribution >= 4 is 55.1 Å². The molecular weight excluding hydrogens is 1040 g/mol. The molecule has 0 unspecified atom stereocenters. The molecule has 0 heterocycles. The van der Waals surface area contributed by atoms with E-state index in [0.717, 1.165) is 45.6 Å². The fourth-order valence-electron chi connectivity index (χ4n) is 7.56. The summed E-state index contributed by atoms with van der Waals surface area (Å²) in [6.45, 7) is 44.2. The third-order valence-electron chi connectivity index (χ3n) is 11.5. The van der Waals surface area contributed by atoms with Crippen LogP contribution < -0.4 is 0 Å². The number of rotatable bonds is 14. The Hall–Kier alpha value is -2.87. The zero-order valence-electron chi connectivity index (χ0n) is 46.8. The van der Waals surface area contributed by atoms with Gasteiger partial charge in [0.1, 0.15) is 0 Å². The second kappa shape index (κ2) is 34.5. The number of hydrogen-bond acceptors (Lipinski definition) is 5. The van der Waals surface area contributed by atoms with Crippen LogP contribution in [0.25, 0.3) is 0 Å². The van der Waals surface area contributed by atoms with Crippen molar-refractivity contribution in [2.24, 2.45) is 20.0 Å². The minimum Gasteiger partial charge on any atom is 0 e. The third kappa shape index (κ3) is 20.5. The molecule has 5 nitrogen and oxygen atoms in total. The monoisotopic (exact) mass is 1130 g/mol. The molecule has 0 fully saturated rings. The zero-order chi connectivity index (χ0) is 49.9. The first-order valence-electron chi connectivity index (χ1n) is 23.7. The molecule has 0 N–H and O–H groups in total. The number of nitrogens with zero attached hydrogens (tertiary/aromatic N) is 4. The van der Waals surface area contributed by atoms with Crippen LogP contribution in [0.5, 0.6) is 0 Å². The second-order valence-electron chi connectivity index (χ2n) is 19.6.